The highest BCUT2D eigenvalue weighted by molar-refractivity contribution is 5.99. The number of hydrogen-bond donors (Lipinski definition) is 0. The summed E-state index contributed by atoms with van der Waals surface area (Å²) in [4.78, 5) is 17.8. The Morgan fingerprint density at radius 2 is 2.00 bits per heavy atom. The van der Waals surface area contributed by atoms with Gasteiger partial charge in [0.2, 0.25) is 0 Å². The van der Waals surface area contributed by atoms with Crippen LogP contribution in [0.25, 0.3) is 0 Å². The molecule has 1 unspecified atom stereocenters. The third kappa shape index (κ3) is 3.44. The molecule has 0 aromatic heterocycles. The molecule has 1 aliphatic rings. The van der Waals surface area contributed by atoms with Crippen LogP contribution >= 0.6 is 0 Å². The Balaban J connectivity index is 3.02. The van der Waals surface area contributed by atoms with Crippen LogP contribution in [0.2, 0.25) is 0 Å². The van der Waals surface area contributed by atoms with Crippen LogP contribution < -0.4 is 0 Å². The maximum Gasteiger partial charge on any atom is 0.267 e. The minimum atomic E-state index is -2.72. The first kappa shape index (κ1) is 16.8. The molecular weight excluding hydrogens is 262 g/mol. The van der Waals surface area contributed by atoms with Crippen LogP contribution in [0.1, 0.15) is 53.4 Å². The molecular formula is C15H24F2N2O. The standard InChI is InChI=1S/C15H24F2N2O/c1-6-11(20)14(10(3)4)18-13-9-8-12(19(13)5)15(16,17)7-2/h12H,6-9H2,1-5H3. The fourth-order valence-electron chi connectivity index (χ4n) is 2.43. The lowest BCUT2D eigenvalue weighted by Crippen LogP contribution is -2.42. The number of carbonyl (C=O) groups excluding carboxylic acids is 1. The van der Waals surface area contributed by atoms with E-state index in [9.17, 15) is 13.6 Å². The molecule has 0 amide bonds. The average Bonchev–Trinajstić information content (AvgIpc) is 2.76. The average molecular weight is 286 g/mol. The predicted octanol–water partition coefficient (Wildman–Crippen LogP) is 3.80. The first-order chi connectivity index (χ1) is 9.24. The fraction of sp³-hybridized carbons (Fsp3) is 0.733. The summed E-state index contributed by atoms with van der Waals surface area (Å²) in [6.45, 7) is 6.91. The molecule has 5 heteroatoms. The van der Waals surface area contributed by atoms with Crippen molar-refractivity contribution in [1.29, 1.82) is 0 Å². The number of hydrogen-bond acceptors (Lipinski definition) is 2. The molecule has 1 aliphatic heterocycles. The first-order valence-corrected chi connectivity index (χ1v) is 7.13. The van der Waals surface area contributed by atoms with E-state index in [0.717, 1.165) is 5.57 Å². The zero-order valence-corrected chi connectivity index (χ0v) is 13.0. The van der Waals surface area contributed by atoms with Crippen LogP contribution in [0.5, 0.6) is 0 Å². The lowest BCUT2D eigenvalue weighted by Gasteiger charge is -2.29. The molecule has 0 spiro atoms. The van der Waals surface area contributed by atoms with E-state index in [1.54, 1.807) is 14.0 Å². The molecule has 1 atom stereocenters. The Morgan fingerprint density at radius 1 is 1.40 bits per heavy atom. The SMILES string of the molecule is CCC(=O)C(N=C1CCC(C(F)(F)CC)N1C)=C(C)C. The topological polar surface area (TPSA) is 32.7 Å². The monoisotopic (exact) mass is 286 g/mol. The highest BCUT2D eigenvalue weighted by atomic mass is 19.3. The van der Waals surface area contributed by atoms with Crippen molar-refractivity contribution < 1.29 is 13.6 Å². The van der Waals surface area contributed by atoms with E-state index in [1.165, 1.54) is 11.8 Å². The van der Waals surface area contributed by atoms with E-state index in [2.05, 4.69) is 4.99 Å². The van der Waals surface area contributed by atoms with Gasteiger partial charge in [-0.15, -0.1) is 0 Å². The summed E-state index contributed by atoms with van der Waals surface area (Å²) in [6, 6.07) is -0.818. The zero-order chi connectivity index (χ0) is 15.5. The summed E-state index contributed by atoms with van der Waals surface area (Å²) in [5, 5.41) is 0. The van der Waals surface area contributed by atoms with Crippen molar-refractivity contribution in [2.75, 3.05) is 7.05 Å². The number of aliphatic imine (C=N–C) groups is 1. The number of amidine groups is 1. The van der Waals surface area contributed by atoms with Crippen LogP contribution in [0.3, 0.4) is 0 Å². The van der Waals surface area contributed by atoms with Crippen LogP contribution in [0.4, 0.5) is 8.78 Å². The minimum absolute atomic E-state index is 0.0448. The molecule has 1 saturated heterocycles. The van der Waals surface area contributed by atoms with Gasteiger partial charge in [0.15, 0.2) is 5.78 Å². The fourth-order valence-corrected chi connectivity index (χ4v) is 2.43. The summed E-state index contributed by atoms with van der Waals surface area (Å²) < 4.78 is 27.7. The normalized spacial score (nSPS) is 21.4. The van der Waals surface area contributed by atoms with Gasteiger partial charge in [0.1, 0.15) is 11.5 Å². The molecule has 1 heterocycles. The number of likely N-dealkylation sites (tertiary alicyclic amines) is 1. The van der Waals surface area contributed by atoms with Gasteiger partial charge in [-0.05, 0) is 25.8 Å². The zero-order valence-electron chi connectivity index (χ0n) is 13.0. The van der Waals surface area contributed by atoms with Crippen molar-refractivity contribution in [2.24, 2.45) is 4.99 Å². The molecule has 0 aromatic rings. The lowest BCUT2D eigenvalue weighted by molar-refractivity contribution is -0.115. The van der Waals surface area contributed by atoms with Gasteiger partial charge in [-0.3, -0.25) is 4.79 Å². The van der Waals surface area contributed by atoms with Crippen molar-refractivity contribution in [1.82, 2.24) is 4.90 Å². The lowest BCUT2D eigenvalue weighted by atomic mass is 10.1. The third-order valence-corrected chi connectivity index (χ3v) is 3.77. The van der Waals surface area contributed by atoms with E-state index < -0.39 is 12.0 Å². The second kappa shape index (κ2) is 6.46. The van der Waals surface area contributed by atoms with Crippen LogP contribution in [0.15, 0.2) is 16.3 Å². The third-order valence-electron chi connectivity index (χ3n) is 3.77. The van der Waals surface area contributed by atoms with Crippen LogP contribution in [-0.2, 0) is 4.79 Å². The Kier molecular flexibility index (Phi) is 5.42. The number of Topliss-reactive ketones (excluding diaryl/α,β-unsaturated/α-hetero) is 1. The Morgan fingerprint density at radius 3 is 2.45 bits per heavy atom. The minimum Gasteiger partial charge on any atom is -0.354 e. The number of allylic oxidation sites excluding steroid dienone is 2. The molecule has 0 N–H and O–H groups in total. The van der Waals surface area contributed by atoms with E-state index in [-0.39, 0.29) is 12.2 Å². The molecule has 1 rings (SSSR count). The summed E-state index contributed by atoms with van der Waals surface area (Å²) in [6.07, 6.45) is 1.06. The van der Waals surface area contributed by atoms with E-state index in [4.69, 9.17) is 0 Å². The van der Waals surface area contributed by atoms with Crippen molar-refractivity contribution in [3.63, 3.8) is 0 Å². The molecule has 20 heavy (non-hydrogen) atoms. The second-order valence-corrected chi connectivity index (χ2v) is 5.43. The largest absolute Gasteiger partial charge is 0.354 e. The van der Waals surface area contributed by atoms with Gasteiger partial charge in [0.25, 0.3) is 5.92 Å². The van der Waals surface area contributed by atoms with Gasteiger partial charge in [0.05, 0.1) is 6.04 Å². The van der Waals surface area contributed by atoms with Gasteiger partial charge in [-0.25, -0.2) is 13.8 Å². The van der Waals surface area contributed by atoms with E-state index in [1.807, 2.05) is 13.8 Å². The van der Waals surface area contributed by atoms with Crippen LogP contribution in [0, 0.1) is 0 Å². The molecule has 3 nitrogen and oxygen atoms in total. The molecule has 0 radical (unpaired) electrons. The Bertz CT molecular complexity index is 437. The smallest absolute Gasteiger partial charge is 0.267 e. The Labute approximate surface area is 119 Å². The summed E-state index contributed by atoms with van der Waals surface area (Å²) in [5.41, 5.74) is 1.23. The molecule has 114 valence electrons. The number of ketones is 1. The van der Waals surface area contributed by atoms with Gasteiger partial charge in [0, 0.05) is 26.3 Å². The Hall–Kier alpha value is -1.26. The van der Waals surface area contributed by atoms with E-state index >= 15 is 0 Å². The number of rotatable bonds is 5. The number of alkyl halides is 2. The second-order valence-electron chi connectivity index (χ2n) is 5.43. The van der Waals surface area contributed by atoms with Crippen molar-refractivity contribution in [2.45, 2.75) is 65.3 Å². The first-order valence-electron chi connectivity index (χ1n) is 7.13. The van der Waals surface area contributed by atoms with Crippen molar-refractivity contribution >= 4 is 11.6 Å². The van der Waals surface area contributed by atoms with Crippen molar-refractivity contribution in [3.05, 3.63) is 11.3 Å². The van der Waals surface area contributed by atoms with Crippen LogP contribution in [-0.4, -0.2) is 35.5 Å². The maximum atomic E-state index is 13.8. The highest BCUT2D eigenvalue weighted by Crippen LogP contribution is 2.34. The quantitative estimate of drug-likeness (QED) is 0.720. The summed E-state index contributed by atoms with van der Waals surface area (Å²) in [5.74, 6) is -2.18. The molecule has 0 saturated carbocycles. The molecule has 0 bridgehead atoms. The number of carbonyl (C=O) groups is 1. The molecule has 0 aliphatic carbocycles. The number of nitrogens with zero attached hydrogens (tertiary/aromatic N) is 2. The van der Waals surface area contributed by atoms with Gasteiger partial charge < -0.3 is 4.90 Å². The summed E-state index contributed by atoms with van der Waals surface area (Å²) in [7, 11) is 1.64. The molecule has 1 fully saturated rings. The van der Waals surface area contributed by atoms with E-state index in [0.29, 0.717) is 30.8 Å². The van der Waals surface area contributed by atoms with Gasteiger partial charge >= 0.3 is 0 Å². The van der Waals surface area contributed by atoms with Gasteiger partial charge in [-0.1, -0.05) is 13.8 Å². The predicted molar refractivity (Wildman–Crippen MR) is 77.1 cm³/mol. The summed E-state index contributed by atoms with van der Waals surface area (Å²) >= 11 is 0. The molecule has 0 aromatic carbocycles. The maximum absolute atomic E-state index is 13.8. The highest BCUT2D eigenvalue weighted by Gasteiger charge is 2.44. The number of halogens is 2. The van der Waals surface area contributed by atoms with Gasteiger partial charge in [-0.2, -0.15) is 0 Å². The van der Waals surface area contributed by atoms with Crippen molar-refractivity contribution in [3.8, 4) is 0 Å².